The molecule has 0 aliphatic heterocycles. The van der Waals surface area contributed by atoms with Crippen molar-refractivity contribution in [3.05, 3.63) is 53.6 Å². The lowest BCUT2D eigenvalue weighted by atomic mass is 9.85. The Morgan fingerprint density at radius 1 is 0.742 bits per heavy atom. The van der Waals surface area contributed by atoms with Gasteiger partial charge in [-0.05, 0) is 49.3 Å². The first-order valence-electron chi connectivity index (χ1n) is 11.6. The molecule has 2 unspecified atom stereocenters. The predicted octanol–water partition coefficient (Wildman–Crippen LogP) is 6.82. The lowest BCUT2D eigenvalue weighted by Crippen LogP contribution is -2.16. The van der Waals surface area contributed by atoms with Gasteiger partial charge in [-0.15, -0.1) is 0 Å². The molecule has 0 heterocycles. The molecule has 168 valence electrons. The van der Waals surface area contributed by atoms with Gasteiger partial charge < -0.3 is 14.2 Å². The van der Waals surface area contributed by atoms with Crippen molar-refractivity contribution in [2.75, 3.05) is 21.3 Å². The molecular weight excluding hydrogens is 388 g/mol. The van der Waals surface area contributed by atoms with Crippen molar-refractivity contribution in [3.8, 4) is 17.2 Å². The number of ketones is 1. The predicted molar refractivity (Wildman–Crippen MR) is 125 cm³/mol. The van der Waals surface area contributed by atoms with Crippen LogP contribution < -0.4 is 14.2 Å². The molecule has 0 spiro atoms. The third-order valence-corrected chi connectivity index (χ3v) is 6.55. The number of hydrogen-bond acceptors (Lipinski definition) is 4. The minimum atomic E-state index is 0.0392. The Bertz CT molecular complexity index is 805. The van der Waals surface area contributed by atoms with Crippen LogP contribution in [0.4, 0.5) is 0 Å². The molecule has 2 aromatic rings. The summed E-state index contributed by atoms with van der Waals surface area (Å²) in [6.07, 6.45) is 10.2. The van der Waals surface area contributed by atoms with Crippen molar-refractivity contribution in [1.82, 2.24) is 0 Å². The van der Waals surface area contributed by atoms with Crippen molar-refractivity contribution in [3.63, 3.8) is 0 Å². The van der Waals surface area contributed by atoms with Crippen LogP contribution in [0.1, 0.15) is 79.6 Å². The Morgan fingerprint density at radius 3 is 1.94 bits per heavy atom. The third-order valence-electron chi connectivity index (χ3n) is 6.55. The first-order chi connectivity index (χ1) is 15.2. The van der Waals surface area contributed by atoms with Gasteiger partial charge in [-0.1, -0.05) is 62.4 Å². The monoisotopic (exact) mass is 424 g/mol. The van der Waals surface area contributed by atoms with Crippen molar-refractivity contribution >= 4 is 5.78 Å². The standard InChI is InChI=1S/C27H36O4/c1-29-24-18-23(19-25(30-2)27(24)31-3)26(28)22-15-8-5-4-7-12-21(16-11-17-22)20-13-9-6-10-14-20/h6,9-10,13-14,18-19,21-22H,4-5,7-8,11-12,15-17H2,1-3H3. The summed E-state index contributed by atoms with van der Waals surface area (Å²) in [4.78, 5) is 13.5. The zero-order chi connectivity index (χ0) is 22.1. The minimum Gasteiger partial charge on any atom is -0.493 e. The van der Waals surface area contributed by atoms with Crippen LogP contribution in [0.25, 0.3) is 0 Å². The third kappa shape index (κ3) is 6.03. The van der Waals surface area contributed by atoms with Gasteiger partial charge in [0, 0.05) is 11.5 Å². The molecule has 0 aromatic heterocycles. The first-order valence-corrected chi connectivity index (χ1v) is 11.6. The van der Waals surface area contributed by atoms with Crippen LogP contribution in [0.15, 0.2) is 42.5 Å². The van der Waals surface area contributed by atoms with Gasteiger partial charge in [-0.2, -0.15) is 0 Å². The fourth-order valence-corrected chi connectivity index (χ4v) is 4.81. The number of carbonyl (C=O) groups excluding carboxylic acids is 1. The van der Waals surface area contributed by atoms with Gasteiger partial charge in [0.2, 0.25) is 5.75 Å². The van der Waals surface area contributed by atoms with Crippen molar-refractivity contribution < 1.29 is 19.0 Å². The van der Waals surface area contributed by atoms with Crippen LogP contribution in [-0.4, -0.2) is 27.1 Å². The highest BCUT2D eigenvalue weighted by Crippen LogP contribution is 2.39. The highest BCUT2D eigenvalue weighted by molar-refractivity contribution is 5.99. The molecule has 4 heteroatoms. The number of methoxy groups -OCH3 is 3. The molecule has 1 aliphatic carbocycles. The molecule has 0 bridgehead atoms. The highest BCUT2D eigenvalue weighted by Gasteiger charge is 2.24. The average Bonchev–Trinajstić information content (AvgIpc) is 2.88. The summed E-state index contributed by atoms with van der Waals surface area (Å²) in [6, 6.07) is 14.4. The van der Waals surface area contributed by atoms with Crippen LogP contribution in [0.2, 0.25) is 0 Å². The average molecular weight is 425 g/mol. The van der Waals surface area contributed by atoms with Gasteiger partial charge >= 0.3 is 0 Å². The van der Waals surface area contributed by atoms with E-state index in [0.29, 0.717) is 28.7 Å². The largest absolute Gasteiger partial charge is 0.493 e. The van der Waals surface area contributed by atoms with Crippen LogP contribution in [-0.2, 0) is 0 Å². The number of hydrogen-bond donors (Lipinski definition) is 0. The lowest BCUT2D eigenvalue weighted by molar-refractivity contribution is 0.0901. The number of rotatable bonds is 6. The van der Waals surface area contributed by atoms with Gasteiger partial charge in [0.25, 0.3) is 0 Å². The quantitative estimate of drug-likeness (QED) is 0.477. The Labute approximate surface area is 186 Å². The molecule has 0 saturated heterocycles. The van der Waals surface area contributed by atoms with E-state index in [4.69, 9.17) is 14.2 Å². The molecule has 1 aliphatic rings. The maximum absolute atomic E-state index is 13.5. The van der Waals surface area contributed by atoms with E-state index in [1.807, 2.05) is 0 Å². The molecule has 4 nitrogen and oxygen atoms in total. The molecule has 0 radical (unpaired) electrons. The molecule has 1 fully saturated rings. The molecule has 3 rings (SSSR count). The minimum absolute atomic E-state index is 0.0392. The molecule has 0 amide bonds. The van der Waals surface area contributed by atoms with Gasteiger partial charge in [-0.3, -0.25) is 4.79 Å². The van der Waals surface area contributed by atoms with E-state index in [-0.39, 0.29) is 11.7 Å². The van der Waals surface area contributed by atoms with Gasteiger partial charge in [-0.25, -0.2) is 0 Å². The number of ether oxygens (including phenoxy) is 3. The van der Waals surface area contributed by atoms with Crippen LogP contribution in [0.3, 0.4) is 0 Å². The summed E-state index contributed by atoms with van der Waals surface area (Å²) in [5, 5.41) is 0. The summed E-state index contributed by atoms with van der Waals surface area (Å²) >= 11 is 0. The topological polar surface area (TPSA) is 44.8 Å². The van der Waals surface area contributed by atoms with E-state index in [2.05, 4.69) is 30.3 Å². The molecule has 0 N–H and O–H groups in total. The van der Waals surface area contributed by atoms with Crippen molar-refractivity contribution in [2.45, 2.75) is 63.7 Å². The van der Waals surface area contributed by atoms with Gasteiger partial charge in [0.15, 0.2) is 17.3 Å². The fourth-order valence-electron chi connectivity index (χ4n) is 4.81. The van der Waals surface area contributed by atoms with E-state index in [9.17, 15) is 4.79 Å². The Balaban J connectivity index is 1.77. The second kappa shape index (κ2) is 11.8. The number of benzene rings is 2. The smallest absolute Gasteiger partial charge is 0.203 e. The summed E-state index contributed by atoms with van der Waals surface area (Å²) < 4.78 is 16.3. The second-order valence-corrected chi connectivity index (χ2v) is 8.51. The van der Waals surface area contributed by atoms with Crippen molar-refractivity contribution in [2.24, 2.45) is 5.92 Å². The number of Topliss-reactive ketones (excluding diaryl/α,β-unsaturated/α-hetero) is 1. The van der Waals surface area contributed by atoms with Gasteiger partial charge in [0.05, 0.1) is 21.3 Å². The van der Waals surface area contributed by atoms with Crippen LogP contribution >= 0.6 is 0 Å². The summed E-state index contributed by atoms with van der Waals surface area (Å²) in [5.41, 5.74) is 2.09. The second-order valence-electron chi connectivity index (χ2n) is 8.51. The summed E-state index contributed by atoms with van der Waals surface area (Å²) in [6.45, 7) is 0. The van der Waals surface area contributed by atoms with Crippen LogP contribution in [0, 0.1) is 5.92 Å². The van der Waals surface area contributed by atoms with Gasteiger partial charge in [0.1, 0.15) is 0 Å². The zero-order valence-electron chi connectivity index (χ0n) is 19.2. The van der Waals surface area contributed by atoms with E-state index in [1.54, 1.807) is 33.5 Å². The Kier molecular flexibility index (Phi) is 8.81. The molecule has 2 aromatic carbocycles. The normalized spacial score (nSPS) is 20.4. The highest BCUT2D eigenvalue weighted by atomic mass is 16.5. The molecule has 2 atom stereocenters. The lowest BCUT2D eigenvalue weighted by Gasteiger charge is -2.20. The van der Waals surface area contributed by atoms with Crippen molar-refractivity contribution in [1.29, 1.82) is 0 Å². The van der Waals surface area contributed by atoms with E-state index in [1.165, 1.54) is 31.2 Å². The Hall–Kier alpha value is -2.49. The molecule has 1 saturated carbocycles. The summed E-state index contributed by atoms with van der Waals surface area (Å²) in [5.74, 6) is 2.41. The fraction of sp³-hybridized carbons (Fsp3) is 0.519. The maximum atomic E-state index is 13.5. The maximum Gasteiger partial charge on any atom is 0.203 e. The summed E-state index contributed by atoms with van der Waals surface area (Å²) in [7, 11) is 4.75. The van der Waals surface area contributed by atoms with E-state index in [0.717, 1.165) is 32.1 Å². The first kappa shape index (κ1) is 23.2. The Morgan fingerprint density at radius 2 is 1.32 bits per heavy atom. The SMILES string of the molecule is COc1cc(C(=O)C2CCCCCCC(c3ccccc3)CCC2)cc(OC)c1OC. The van der Waals surface area contributed by atoms with Crippen LogP contribution in [0.5, 0.6) is 17.2 Å². The molecule has 31 heavy (non-hydrogen) atoms. The molecular formula is C27H36O4. The van der Waals surface area contributed by atoms with E-state index >= 15 is 0 Å². The zero-order valence-corrected chi connectivity index (χ0v) is 19.2. The number of carbonyl (C=O) groups is 1. The van der Waals surface area contributed by atoms with E-state index < -0.39 is 0 Å².